The summed E-state index contributed by atoms with van der Waals surface area (Å²) in [5.41, 5.74) is 1.02. The third kappa shape index (κ3) is 2.21. The standard InChI is InChI=1S/C15H11N5OS/c21-15-11-6-12(10-4-2-1-3-5-10)22-14(11)17-9-20(15)7-13-16-8-18-19-13/h1-6,8-9H,7H2,(H,16,18,19). The van der Waals surface area contributed by atoms with Gasteiger partial charge in [-0.3, -0.25) is 14.5 Å². The van der Waals surface area contributed by atoms with Crippen LogP contribution < -0.4 is 5.56 Å². The molecule has 0 saturated heterocycles. The minimum absolute atomic E-state index is 0.0696. The normalized spacial score (nSPS) is 11.1. The lowest BCUT2D eigenvalue weighted by molar-refractivity contribution is 0.710. The monoisotopic (exact) mass is 309 g/mol. The molecule has 3 heterocycles. The molecule has 22 heavy (non-hydrogen) atoms. The zero-order valence-electron chi connectivity index (χ0n) is 11.4. The summed E-state index contributed by atoms with van der Waals surface area (Å²) in [7, 11) is 0. The van der Waals surface area contributed by atoms with Gasteiger partial charge in [0.05, 0.1) is 18.3 Å². The van der Waals surface area contributed by atoms with Crippen molar-refractivity contribution in [3.8, 4) is 10.4 Å². The first-order valence-electron chi connectivity index (χ1n) is 6.70. The first kappa shape index (κ1) is 12.9. The zero-order valence-corrected chi connectivity index (χ0v) is 12.2. The summed E-state index contributed by atoms with van der Waals surface area (Å²) in [5, 5.41) is 7.16. The number of hydrogen-bond donors (Lipinski definition) is 1. The van der Waals surface area contributed by atoms with E-state index in [0.29, 0.717) is 17.8 Å². The molecule has 0 fully saturated rings. The van der Waals surface area contributed by atoms with Gasteiger partial charge >= 0.3 is 0 Å². The Morgan fingerprint density at radius 2 is 2.05 bits per heavy atom. The van der Waals surface area contributed by atoms with Gasteiger partial charge in [0.15, 0.2) is 0 Å². The molecule has 6 nitrogen and oxygen atoms in total. The Hall–Kier alpha value is -2.80. The number of nitrogens with zero attached hydrogens (tertiary/aromatic N) is 4. The molecule has 108 valence electrons. The summed E-state index contributed by atoms with van der Waals surface area (Å²) in [6, 6.07) is 11.9. The van der Waals surface area contributed by atoms with Gasteiger partial charge in [0, 0.05) is 4.88 Å². The fraction of sp³-hybridized carbons (Fsp3) is 0.0667. The lowest BCUT2D eigenvalue weighted by atomic mass is 10.2. The molecular weight excluding hydrogens is 298 g/mol. The number of thiophene rings is 1. The van der Waals surface area contributed by atoms with Gasteiger partial charge in [0.1, 0.15) is 17.0 Å². The molecule has 4 aromatic rings. The molecule has 0 amide bonds. The summed E-state index contributed by atoms with van der Waals surface area (Å²) in [5.74, 6) is 0.627. The van der Waals surface area contributed by atoms with Crippen molar-refractivity contribution in [2.24, 2.45) is 0 Å². The molecule has 0 unspecified atom stereocenters. The van der Waals surface area contributed by atoms with Gasteiger partial charge in [-0.15, -0.1) is 11.3 Å². The van der Waals surface area contributed by atoms with Crippen molar-refractivity contribution in [1.82, 2.24) is 24.7 Å². The van der Waals surface area contributed by atoms with Gasteiger partial charge < -0.3 is 0 Å². The zero-order chi connectivity index (χ0) is 14.9. The van der Waals surface area contributed by atoms with Crippen LogP contribution in [-0.4, -0.2) is 24.7 Å². The van der Waals surface area contributed by atoms with Gasteiger partial charge in [0.2, 0.25) is 0 Å². The predicted octanol–water partition coefficient (Wildman–Crippen LogP) is 2.29. The second-order valence-corrected chi connectivity index (χ2v) is 5.84. The number of aromatic amines is 1. The number of aromatic nitrogens is 5. The Kier molecular flexibility index (Phi) is 3.05. The number of rotatable bonds is 3. The summed E-state index contributed by atoms with van der Waals surface area (Å²) in [6.45, 7) is 0.332. The number of H-pyrrole nitrogens is 1. The van der Waals surface area contributed by atoms with Crippen LogP contribution in [0, 0.1) is 0 Å². The molecule has 0 aliphatic carbocycles. The minimum atomic E-state index is -0.0696. The smallest absolute Gasteiger partial charge is 0.262 e. The molecular formula is C15H11N5OS. The fourth-order valence-corrected chi connectivity index (χ4v) is 3.28. The van der Waals surface area contributed by atoms with Crippen LogP contribution in [0.3, 0.4) is 0 Å². The molecule has 0 bridgehead atoms. The highest BCUT2D eigenvalue weighted by atomic mass is 32.1. The Balaban J connectivity index is 1.80. The summed E-state index contributed by atoms with van der Waals surface area (Å²) in [6.07, 6.45) is 2.98. The summed E-state index contributed by atoms with van der Waals surface area (Å²) < 4.78 is 1.53. The van der Waals surface area contributed by atoms with E-state index in [1.807, 2.05) is 36.4 Å². The molecule has 0 atom stereocenters. The first-order valence-corrected chi connectivity index (χ1v) is 7.51. The lowest BCUT2D eigenvalue weighted by Gasteiger charge is -2.01. The van der Waals surface area contributed by atoms with Gasteiger partial charge in [-0.2, -0.15) is 5.10 Å². The Bertz CT molecular complexity index is 972. The van der Waals surface area contributed by atoms with E-state index in [1.54, 1.807) is 6.33 Å². The van der Waals surface area contributed by atoms with Gasteiger partial charge in [-0.05, 0) is 11.6 Å². The molecule has 0 saturated carbocycles. The van der Waals surface area contributed by atoms with E-state index < -0.39 is 0 Å². The molecule has 4 rings (SSSR count). The maximum Gasteiger partial charge on any atom is 0.262 e. The first-order chi connectivity index (χ1) is 10.8. The van der Waals surface area contributed by atoms with E-state index in [1.165, 1.54) is 22.2 Å². The van der Waals surface area contributed by atoms with Crippen molar-refractivity contribution in [3.05, 3.63) is 65.2 Å². The number of benzene rings is 1. The van der Waals surface area contributed by atoms with Crippen LogP contribution in [0.5, 0.6) is 0 Å². The van der Waals surface area contributed by atoms with Gasteiger partial charge in [0.25, 0.3) is 5.56 Å². The maximum absolute atomic E-state index is 12.6. The van der Waals surface area contributed by atoms with E-state index in [0.717, 1.165) is 15.3 Å². The predicted molar refractivity (Wildman–Crippen MR) is 84.8 cm³/mol. The third-order valence-corrected chi connectivity index (χ3v) is 4.45. The largest absolute Gasteiger partial charge is 0.291 e. The van der Waals surface area contributed by atoms with Crippen LogP contribution >= 0.6 is 11.3 Å². The quantitative estimate of drug-likeness (QED) is 0.630. The number of hydrogen-bond acceptors (Lipinski definition) is 5. The topological polar surface area (TPSA) is 76.5 Å². The van der Waals surface area contributed by atoms with Crippen molar-refractivity contribution in [2.75, 3.05) is 0 Å². The maximum atomic E-state index is 12.6. The van der Waals surface area contributed by atoms with Crippen LogP contribution in [0.2, 0.25) is 0 Å². The second kappa shape index (κ2) is 5.19. The molecule has 0 spiro atoms. The summed E-state index contributed by atoms with van der Waals surface area (Å²) >= 11 is 1.52. The highest BCUT2D eigenvalue weighted by Gasteiger charge is 2.11. The Morgan fingerprint density at radius 1 is 1.18 bits per heavy atom. The van der Waals surface area contributed by atoms with E-state index in [9.17, 15) is 4.79 Å². The second-order valence-electron chi connectivity index (χ2n) is 4.81. The number of fused-ring (bicyclic) bond motifs is 1. The van der Waals surface area contributed by atoms with Crippen molar-refractivity contribution < 1.29 is 0 Å². The highest BCUT2D eigenvalue weighted by Crippen LogP contribution is 2.30. The van der Waals surface area contributed by atoms with Crippen molar-refractivity contribution in [3.63, 3.8) is 0 Å². The number of nitrogens with one attached hydrogen (secondary N) is 1. The van der Waals surface area contributed by atoms with E-state index >= 15 is 0 Å². The molecule has 3 aromatic heterocycles. The average molecular weight is 309 g/mol. The minimum Gasteiger partial charge on any atom is -0.291 e. The van der Waals surface area contributed by atoms with E-state index in [4.69, 9.17) is 0 Å². The average Bonchev–Trinajstić information content (AvgIpc) is 3.21. The lowest BCUT2D eigenvalue weighted by Crippen LogP contribution is -2.21. The molecule has 0 radical (unpaired) electrons. The SMILES string of the molecule is O=c1c2cc(-c3ccccc3)sc2ncn1Cc1ncn[nH]1. The van der Waals surface area contributed by atoms with Crippen molar-refractivity contribution >= 4 is 21.6 Å². The summed E-state index contributed by atoms with van der Waals surface area (Å²) in [4.78, 5) is 22.8. The fourth-order valence-electron chi connectivity index (χ4n) is 2.29. The highest BCUT2D eigenvalue weighted by molar-refractivity contribution is 7.21. The molecule has 0 aliphatic rings. The van der Waals surface area contributed by atoms with Crippen LogP contribution in [0.25, 0.3) is 20.7 Å². The molecule has 7 heteroatoms. The van der Waals surface area contributed by atoms with Crippen LogP contribution in [-0.2, 0) is 6.54 Å². The molecule has 1 N–H and O–H groups in total. The van der Waals surface area contributed by atoms with Gasteiger partial charge in [-0.1, -0.05) is 30.3 Å². The molecule has 0 aliphatic heterocycles. The third-order valence-electron chi connectivity index (χ3n) is 3.36. The van der Waals surface area contributed by atoms with Gasteiger partial charge in [-0.25, -0.2) is 9.97 Å². The van der Waals surface area contributed by atoms with Crippen molar-refractivity contribution in [1.29, 1.82) is 0 Å². The Labute approximate surface area is 129 Å². The Morgan fingerprint density at radius 3 is 2.82 bits per heavy atom. The van der Waals surface area contributed by atoms with E-state index in [-0.39, 0.29) is 5.56 Å². The van der Waals surface area contributed by atoms with Crippen LogP contribution in [0.1, 0.15) is 5.82 Å². The van der Waals surface area contributed by atoms with E-state index in [2.05, 4.69) is 20.2 Å². The van der Waals surface area contributed by atoms with Crippen LogP contribution in [0.15, 0.2) is 53.8 Å². The van der Waals surface area contributed by atoms with Crippen molar-refractivity contribution in [2.45, 2.75) is 6.54 Å². The molecule has 1 aromatic carbocycles. The van der Waals surface area contributed by atoms with Crippen LogP contribution in [0.4, 0.5) is 0 Å².